The Hall–Kier alpha value is -0.900. The number of nitrogens with one attached hydrogen (secondary N) is 2. The predicted octanol–water partition coefficient (Wildman–Crippen LogP) is 3.54. The summed E-state index contributed by atoms with van der Waals surface area (Å²) in [6.45, 7) is 7.74. The van der Waals surface area contributed by atoms with Gasteiger partial charge in [-0.1, -0.05) is 37.1 Å². The van der Waals surface area contributed by atoms with E-state index < -0.39 is 0 Å². The highest BCUT2D eigenvalue weighted by Gasteiger charge is 2.30. The quantitative estimate of drug-likeness (QED) is 0.210. The van der Waals surface area contributed by atoms with E-state index in [1.165, 1.54) is 49.8 Å². The Kier molecular flexibility index (Phi) is 12.0. The number of benzene rings is 1. The summed E-state index contributed by atoms with van der Waals surface area (Å²) >= 11 is 0. The van der Waals surface area contributed by atoms with Gasteiger partial charge in [-0.25, -0.2) is 0 Å². The third kappa shape index (κ3) is 8.32. The molecule has 170 valence electrons. The summed E-state index contributed by atoms with van der Waals surface area (Å²) in [5.41, 5.74) is 2.42. The van der Waals surface area contributed by atoms with Crippen molar-refractivity contribution in [3.8, 4) is 0 Å². The summed E-state index contributed by atoms with van der Waals surface area (Å²) in [6, 6.07) is 9.83. The lowest BCUT2D eigenvalue weighted by molar-refractivity contribution is 0.0453. The van der Waals surface area contributed by atoms with Crippen LogP contribution in [0.5, 0.6) is 0 Å². The lowest BCUT2D eigenvalue weighted by Crippen LogP contribution is -2.45. The van der Waals surface area contributed by atoms with Crippen LogP contribution >= 0.6 is 24.0 Å². The largest absolute Gasteiger partial charge is 0.379 e. The SMILES string of the molecule is CCOCCOCc1cccc(CNC(=NC)NC2CCN(C3CCCC3)C2)c1.I. The first-order chi connectivity index (χ1) is 14.3. The molecule has 6 nitrogen and oxygen atoms in total. The molecular weight excluding hydrogens is 491 g/mol. The highest BCUT2D eigenvalue weighted by molar-refractivity contribution is 14.0. The normalized spacial score (nSPS) is 20.3. The molecule has 7 heteroatoms. The van der Waals surface area contributed by atoms with Gasteiger partial charge in [-0.05, 0) is 37.3 Å². The van der Waals surface area contributed by atoms with Crippen molar-refractivity contribution in [2.45, 2.75) is 64.3 Å². The average Bonchev–Trinajstić information content (AvgIpc) is 3.43. The maximum Gasteiger partial charge on any atom is 0.191 e. The van der Waals surface area contributed by atoms with Gasteiger partial charge in [0.2, 0.25) is 0 Å². The van der Waals surface area contributed by atoms with Crippen molar-refractivity contribution in [1.82, 2.24) is 15.5 Å². The van der Waals surface area contributed by atoms with Crippen molar-refractivity contribution < 1.29 is 9.47 Å². The standard InChI is InChI=1S/C23H38N4O2.HI/c1-3-28-13-14-29-18-20-8-6-7-19(15-20)16-25-23(24-2)26-21-11-12-27(17-21)22-9-4-5-10-22;/h6-8,15,21-22H,3-5,9-14,16-18H2,1-2H3,(H2,24,25,26);1H. The van der Waals surface area contributed by atoms with Crippen LogP contribution in [0.2, 0.25) is 0 Å². The van der Waals surface area contributed by atoms with Gasteiger partial charge in [0, 0.05) is 45.4 Å². The molecule has 0 spiro atoms. The van der Waals surface area contributed by atoms with Crippen molar-refractivity contribution >= 4 is 29.9 Å². The first-order valence-electron chi connectivity index (χ1n) is 11.2. The van der Waals surface area contributed by atoms with Gasteiger partial charge in [-0.3, -0.25) is 9.89 Å². The van der Waals surface area contributed by atoms with E-state index in [1.54, 1.807) is 0 Å². The van der Waals surface area contributed by atoms with E-state index in [4.69, 9.17) is 9.47 Å². The third-order valence-corrected chi connectivity index (χ3v) is 5.92. The van der Waals surface area contributed by atoms with Crippen molar-refractivity contribution in [1.29, 1.82) is 0 Å². The number of rotatable bonds is 10. The number of hydrogen-bond donors (Lipinski definition) is 2. The molecule has 1 aromatic carbocycles. The van der Waals surface area contributed by atoms with Crippen LogP contribution in [0.4, 0.5) is 0 Å². The van der Waals surface area contributed by atoms with Gasteiger partial charge in [-0.15, -0.1) is 24.0 Å². The van der Waals surface area contributed by atoms with Crippen LogP contribution in [0, 0.1) is 0 Å². The molecule has 1 saturated carbocycles. The van der Waals surface area contributed by atoms with Gasteiger partial charge < -0.3 is 20.1 Å². The fraction of sp³-hybridized carbons (Fsp3) is 0.696. The van der Waals surface area contributed by atoms with Crippen LogP contribution in [0.3, 0.4) is 0 Å². The number of hydrogen-bond acceptors (Lipinski definition) is 4. The number of guanidine groups is 1. The minimum atomic E-state index is 0. The van der Waals surface area contributed by atoms with Crippen molar-refractivity contribution in [2.75, 3.05) is 40.0 Å². The molecule has 0 aromatic heterocycles. The van der Waals surface area contributed by atoms with Gasteiger partial charge in [-0.2, -0.15) is 0 Å². The lowest BCUT2D eigenvalue weighted by Gasteiger charge is -2.24. The van der Waals surface area contributed by atoms with Gasteiger partial charge in [0.15, 0.2) is 5.96 Å². The molecule has 1 atom stereocenters. The third-order valence-electron chi connectivity index (χ3n) is 5.92. The zero-order chi connectivity index (χ0) is 20.3. The van der Waals surface area contributed by atoms with Gasteiger partial charge in [0.25, 0.3) is 0 Å². The first kappa shape index (κ1) is 25.4. The van der Waals surface area contributed by atoms with Crippen LogP contribution in [0.25, 0.3) is 0 Å². The van der Waals surface area contributed by atoms with Crippen molar-refractivity contribution in [3.63, 3.8) is 0 Å². The van der Waals surface area contributed by atoms with E-state index >= 15 is 0 Å². The Morgan fingerprint density at radius 1 is 1.13 bits per heavy atom. The van der Waals surface area contributed by atoms with E-state index in [-0.39, 0.29) is 24.0 Å². The van der Waals surface area contributed by atoms with E-state index in [2.05, 4.69) is 44.8 Å². The van der Waals surface area contributed by atoms with E-state index in [0.29, 0.717) is 25.9 Å². The highest BCUT2D eigenvalue weighted by Crippen LogP contribution is 2.26. The van der Waals surface area contributed by atoms with Crippen LogP contribution < -0.4 is 10.6 Å². The smallest absolute Gasteiger partial charge is 0.191 e. The molecule has 2 aliphatic rings. The molecule has 2 fully saturated rings. The number of ether oxygens (including phenoxy) is 2. The molecule has 1 heterocycles. The molecule has 1 aliphatic carbocycles. The molecule has 0 bridgehead atoms. The monoisotopic (exact) mass is 530 g/mol. The van der Waals surface area contributed by atoms with E-state index in [0.717, 1.165) is 31.7 Å². The Morgan fingerprint density at radius 3 is 2.67 bits per heavy atom. The van der Waals surface area contributed by atoms with Crippen LogP contribution in [0.15, 0.2) is 29.3 Å². The van der Waals surface area contributed by atoms with Crippen LogP contribution in [0.1, 0.15) is 50.2 Å². The van der Waals surface area contributed by atoms with Crippen molar-refractivity contribution in [3.05, 3.63) is 35.4 Å². The Balaban J connectivity index is 0.00000320. The molecule has 3 rings (SSSR count). The summed E-state index contributed by atoms with van der Waals surface area (Å²) in [5.74, 6) is 0.890. The topological polar surface area (TPSA) is 58.1 Å². The Labute approximate surface area is 199 Å². The summed E-state index contributed by atoms with van der Waals surface area (Å²) in [5, 5.41) is 7.08. The Morgan fingerprint density at radius 2 is 1.90 bits per heavy atom. The fourth-order valence-electron chi connectivity index (χ4n) is 4.36. The lowest BCUT2D eigenvalue weighted by atomic mass is 10.1. The fourth-order valence-corrected chi connectivity index (χ4v) is 4.36. The van der Waals surface area contributed by atoms with E-state index in [9.17, 15) is 0 Å². The molecule has 1 unspecified atom stereocenters. The summed E-state index contributed by atoms with van der Waals surface area (Å²) < 4.78 is 11.0. The van der Waals surface area contributed by atoms with Crippen LogP contribution in [-0.4, -0.2) is 62.9 Å². The second kappa shape index (κ2) is 14.2. The first-order valence-corrected chi connectivity index (χ1v) is 11.2. The molecule has 1 saturated heterocycles. The number of aliphatic imine (C=N–C) groups is 1. The maximum atomic E-state index is 5.68. The molecule has 2 N–H and O–H groups in total. The van der Waals surface area contributed by atoms with Gasteiger partial charge >= 0.3 is 0 Å². The number of likely N-dealkylation sites (tertiary alicyclic amines) is 1. The zero-order valence-electron chi connectivity index (χ0n) is 18.6. The Bertz CT molecular complexity index is 637. The van der Waals surface area contributed by atoms with E-state index in [1.807, 2.05) is 14.0 Å². The predicted molar refractivity (Wildman–Crippen MR) is 134 cm³/mol. The summed E-state index contributed by atoms with van der Waals surface area (Å²) in [4.78, 5) is 7.10. The molecule has 0 amide bonds. The second-order valence-corrected chi connectivity index (χ2v) is 8.06. The molecule has 1 aromatic rings. The molecular formula is C23H39IN4O2. The highest BCUT2D eigenvalue weighted by atomic mass is 127. The molecule has 0 radical (unpaired) electrons. The maximum absolute atomic E-state index is 5.68. The van der Waals surface area contributed by atoms with Crippen LogP contribution in [-0.2, 0) is 22.6 Å². The van der Waals surface area contributed by atoms with Gasteiger partial charge in [0.05, 0.1) is 19.8 Å². The summed E-state index contributed by atoms with van der Waals surface area (Å²) in [7, 11) is 1.85. The number of halogens is 1. The average molecular weight is 530 g/mol. The van der Waals surface area contributed by atoms with Crippen molar-refractivity contribution in [2.24, 2.45) is 4.99 Å². The minimum Gasteiger partial charge on any atom is -0.379 e. The van der Waals surface area contributed by atoms with Gasteiger partial charge in [0.1, 0.15) is 0 Å². The zero-order valence-corrected chi connectivity index (χ0v) is 20.9. The number of nitrogens with zero attached hydrogens (tertiary/aromatic N) is 2. The molecule has 1 aliphatic heterocycles. The minimum absolute atomic E-state index is 0. The summed E-state index contributed by atoms with van der Waals surface area (Å²) in [6.07, 6.45) is 6.76. The molecule has 30 heavy (non-hydrogen) atoms. The second-order valence-electron chi connectivity index (χ2n) is 8.06.